The van der Waals surface area contributed by atoms with Gasteiger partial charge in [0, 0.05) is 18.9 Å². The molecule has 5 nitrogen and oxygen atoms in total. The lowest BCUT2D eigenvalue weighted by atomic mass is 10.0. The molecule has 0 bridgehead atoms. The van der Waals surface area contributed by atoms with Crippen LogP contribution in [0.5, 0.6) is 11.5 Å². The van der Waals surface area contributed by atoms with Gasteiger partial charge in [-0.25, -0.2) is 0 Å². The number of ether oxygens (including phenoxy) is 2. The molecule has 2 aromatic rings. The average molecular weight is 357 g/mol. The van der Waals surface area contributed by atoms with Crippen molar-refractivity contribution in [3.63, 3.8) is 0 Å². The molecule has 0 heterocycles. The Morgan fingerprint density at radius 3 is 2.04 bits per heavy atom. The molecule has 0 aromatic heterocycles. The topological polar surface area (TPSA) is 64.6 Å². The minimum Gasteiger partial charge on any atom is -0.422 e. The van der Waals surface area contributed by atoms with Gasteiger partial charge in [0.15, 0.2) is 11.5 Å². The van der Waals surface area contributed by atoms with Crippen molar-refractivity contribution in [2.45, 2.75) is 53.0 Å². The average Bonchev–Trinajstić information content (AvgIpc) is 2.61. The number of carbonyl (C=O) groups is 2. The van der Waals surface area contributed by atoms with Crippen LogP contribution in [-0.2, 0) is 16.0 Å². The van der Waals surface area contributed by atoms with Gasteiger partial charge in [0.25, 0.3) is 0 Å². The summed E-state index contributed by atoms with van der Waals surface area (Å²) < 4.78 is 10.7. The highest BCUT2D eigenvalue weighted by molar-refractivity contribution is 5.89. The van der Waals surface area contributed by atoms with Gasteiger partial charge in [0.05, 0.1) is 0 Å². The number of rotatable bonds is 8. The maximum absolute atomic E-state index is 11.7. The first-order valence-electron chi connectivity index (χ1n) is 9.14. The van der Waals surface area contributed by atoms with E-state index in [-0.39, 0.29) is 36.3 Å². The van der Waals surface area contributed by atoms with Gasteiger partial charge in [-0.3, -0.25) is 9.59 Å². The third-order valence-electron chi connectivity index (χ3n) is 3.96. The summed E-state index contributed by atoms with van der Waals surface area (Å²) in [6.45, 7) is 8.58. The van der Waals surface area contributed by atoms with Crippen LogP contribution in [0.15, 0.2) is 30.3 Å². The number of esters is 2. The van der Waals surface area contributed by atoms with Crippen LogP contribution >= 0.6 is 0 Å². The Kier molecular flexibility index (Phi) is 7.16. The van der Waals surface area contributed by atoms with Crippen LogP contribution in [0.25, 0.3) is 10.8 Å². The van der Waals surface area contributed by atoms with Gasteiger partial charge in [-0.15, -0.1) is 0 Å². The second kappa shape index (κ2) is 9.34. The van der Waals surface area contributed by atoms with Crippen LogP contribution < -0.4 is 14.8 Å². The Morgan fingerprint density at radius 1 is 0.923 bits per heavy atom. The Hall–Kier alpha value is -2.40. The zero-order valence-electron chi connectivity index (χ0n) is 15.9. The van der Waals surface area contributed by atoms with Crippen LogP contribution in [-0.4, -0.2) is 24.5 Å². The molecular formula is C21H27NO4. The third kappa shape index (κ3) is 5.56. The lowest BCUT2D eigenvalue weighted by Crippen LogP contribution is -2.24. The first-order valence-corrected chi connectivity index (χ1v) is 9.14. The van der Waals surface area contributed by atoms with E-state index in [9.17, 15) is 9.59 Å². The zero-order chi connectivity index (χ0) is 19.1. The Bertz CT molecular complexity index is 783. The summed E-state index contributed by atoms with van der Waals surface area (Å²) >= 11 is 0. The van der Waals surface area contributed by atoms with Crippen LogP contribution in [0.3, 0.4) is 0 Å². The van der Waals surface area contributed by atoms with Crippen molar-refractivity contribution in [2.75, 3.05) is 6.54 Å². The molecule has 26 heavy (non-hydrogen) atoms. The summed E-state index contributed by atoms with van der Waals surface area (Å²) in [5.74, 6) is -0.172. The SMILES string of the molecule is CCC(=O)Oc1cc2ccc(CCNC(C)C)cc2cc1OC(=O)CC. The van der Waals surface area contributed by atoms with E-state index in [1.54, 1.807) is 26.0 Å². The molecular weight excluding hydrogens is 330 g/mol. The Morgan fingerprint density at radius 2 is 1.50 bits per heavy atom. The molecule has 0 saturated carbocycles. The first-order chi connectivity index (χ1) is 12.4. The predicted octanol–water partition coefficient (Wildman–Crippen LogP) is 4.01. The largest absolute Gasteiger partial charge is 0.422 e. The van der Waals surface area contributed by atoms with E-state index < -0.39 is 0 Å². The fourth-order valence-electron chi connectivity index (χ4n) is 2.52. The molecule has 0 radical (unpaired) electrons. The molecule has 0 fully saturated rings. The summed E-state index contributed by atoms with van der Waals surface area (Å²) in [6.07, 6.45) is 1.41. The molecule has 0 aliphatic carbocycles. The second-order valence-corrected chi connectivity index (χ2v) is 6.49. The van der Waals surface area contributed by atoms with E-state index in [4.69, 9.17) is 9.47 Å². The predicted molar refractivity (Wildman–Crippen MR) is 103 cm³/mol. The van der Waals surface area contributed by atoms with E-state index in [2.05, 4.69) is 31.3 Å². The smallest absolute Gasteiger partial charge is 0.311 e. The highest BCUT2D eigenvalue weighted by atomic mass is 16.6. The number of fused-ring (bicyclic) bond motifs is 1. The molecule has 0 amide bonds. The normalized spacial score (nSPS) is 11.0. The van der Waals surface area contributed by atoms with E-state index in [0.29, 0.717) is 6.04 Å². The van der Waals surface area contributed by atoms with Crippen molar-refractivity contribution in [1.82, 2.24) is 5.32 Å². The first kappa shape index (κ1) is 19.9. The molecule has 2 aromatic carbocycles. The molecule has 0 aliphatic heterocycles. The summed E-state index contributed by atoms with van der Waals surface area (Å²) in [4.78, 5) is 23.4. The molecule has 5 heteroatoms. The van der Waals surface area contributed by atoms with Crippen molar-refractivity contribution in [2.24, 2.45) is 0 Å². The van der Waals surface area contributed by atoms with Gasteiger partial charge in [-0.05, 0) is 41.4 Å². The molecule has 0 saturated heterocycles. The van der Waals surface area contributed by atoms with Crippen molar-refractivity contribution < 1.29 is 19.1 Å². The quantitative estimate of drug-likeness (QED) is 0.571. The van der Waals surface area contributed by atoms with Gasteiger partial charge in [0.2, 0.25) is 0 Å². The number of hydrogen-bond donors (Lipinski definition) is 1. The van der Waals surface area contributed by atoms with Crippen molar-refractivity contribution in [1.29, 1.82) is 0 Å². The van der Waals surface area contributed by atoms with E-state index in [1.807, 2.05) is 6.07 Å². The number of benzene rings is 2. The van der Waals surface area contributed by atoms with Crippen LogP contribution in [0.1, 0.15) is 46.1 Å². The number of nitrogens with one attached hydrogen (secondary N) is 1. The molecule has 0 unspecified atom stereocenters. The maximum atomic E-state index is 11.7. The Balaban J connectivity index is 2.33. The minimum atomic E-state index is -0.366. The lowest BCUT2D eigenvalue weighted by molar-refractivity contribution is -0.136. The fraction of sp³-hybridized carbons (Fsp3) is 0.429. The molecule has 0 atom stereocenters. The summed E-state index contributed by atoms with van der Waals surface area (Å²) in [5, 5.41) is 5.28. The Labute approximate surface area is 154 Å². The van der Waals surface area contributed by atoms with Crippen molar-refractivity contribution in [3.05, 3.63) is 35.9 Å². The zero-order valence-corrected chi connectivity index (χ0v) is 15.9. The minimum absolute atomic E-state index is 0.250. The number of carbonyl (C=O) groups excluding carboxylic acids is 2. The van der Waals surface area contributed by atoms with Crippen LogP contribution in [0.2, 0.25) is 0 Å². The van der Waals surface area contributed by atoms with Crippen molar-refractivity contribution >= 4 is 22.7 Å². The molecule has 1 N–H and O–H groups in total. The second-order valence-electron chi connectivity index (χ2n) is 6.49. The third-order valence-corrected chi connectivity index (χ3v) is 3.96. The van der Waals surface area contributed by atoms with E-state index in [1.165, 1.54) is 5.56 Å². The summed E-state index contributed by atoms with van der Waals surface area (Å²) in [6, 6.07) is 10.1. The van der Waals surface area contributed by atoms with E-state index in [0.717, 1.165) is 23.7 Å². The highest BCUT2D eigenvalue weighted by Crippen LogP contribution is 2.33. The van der Waals surface area contributed by atoms with Crippen LogP contribution in [0.4, 0.5) is 0 Å². The molecule has 140 valence electrons. The number of hydrogen-bond acceptors (Lipinski definition) is 5. The van der Waals surface area contributed by atoms with Gasteiger partial charge in [0.1, 0.15) is 0 Å². The summed E-state index contributed by atoms with van der Waals surface area (Å²) in [5.41, 5.74) is 1.19. The summed E-state index contributed by atoms with van der Waals surface area (Å²) in [7, 11) is 0. The molecule has 0 spiro atoms. The monoisotopic (exact) mass is 357 g/mol. The lowest BCUT2D eigenvalue weighted by Gasteiger charge is -2.13. The van der Waals surface area contributed by atoms with Crippen molar-refractivity contribution in [3.8, 4) is 11.5 Å². The van der Waals surface area contributed by atoms with Gasteiger partial charge in [-0.2, -0.15) is 0 Å². The highest BCUT2D eigenvalue weighted by Gasteiger charge is 2.14. The van der Waals surface area contributed by atoms with Crippen LogP contribution in [0, 0.1) is 0 Å². The van der Waals surface area contributed by atoms with Gasteiger partial charge in [-0.1, -0.05) is 45.9 Å². The molecule has 2 rings (SSSR count). The van der Waals surface area contributed by atoms with Gasteiger partial charge < -0.3 is 14.8 Å². The van der Waals surface area contributed by atoms with Gasteiger partial charge >= 0.3 is 11.9 Å². The van der Waals surface area contributed by atoms with E-state index >= 15 is 0 Å². The molecule has 0 aliphatic rings. The fourth-order valence-corrected chi connectivity index (χ4v) is 2.52. The standard InChI is InChI=1S/C21H27NO4/c1-5-20(23)25-18-12-16-8-7-15(9-10-22-14(3)4)11-17(16)13-19(18)26-21(24)6-2/h7-8,11-14,22H,5-6,9-10H2,1-4H3. The maximum Gasteiger partial charge on any atom is 0.311 e.